The molecule has 2 heterocycles. The highest BCUT2D eigenvalue weighted by molar-refractivity contribution is 5.35. The summed E-state index contributed by atoms with van der Waals surface area (Å²) in [7, 11) is 1.73. The summed E-state index contributed by atoms with van der Waals surface area (Å²) < 4.78 is 5.40. The van der Waals surface area contributed by atoms with Crippen molar-refractivity contribution in [2.24, 2.45) is 0 Å². The van der Waals surface area contributed by atoms with E-state index in [4.69, 9.17) is 4.74 Å². The lowest BCUT2D eigenvalue weighted by molar-refractivity contribution is 0.217. The molecule has 1 aliphatic rings. The zero-order valence-electron chi connectivity index (χ0n) is 10.2. The molecular formula is C13H20N2O. The molecule has 0 bridgehead atoms. The Morgan fingerprint density at radius 3 is 2.75 bits per heavy atom. The fraction of sp³-hybridized carbons (Fsp3) is 0.615. The minimum Gasteiger partial charge on any atom is -0.496 e. The largest absolute Gasteiger partial charge is 0.496 e. The maximum atomic E-state index is 5.40. The highest BCUT2D eigenvalue weighted by atomic mass is 16.5. The Morgan fingerprint density at radius 2 is 2.06 bits per heavy atom. The first-order valence-corrected chi connectivity index (χ1v) is 6.02. The average Bonchev–Trinajstić information content (AvgIpc) is 2.33. The highest BCUT2D eigenvalue weighted by Crippen LogP contribution is 2.23. The summed E-state index contributed by atoms with van der Waals surface area (Å²) in [5.41, 5.74) is 2.33. The molecule has 0 saturated carbocycles. The fourth-order valence-electron chi connectivity index (χ4n) is 2.30. The Hall–Kier alpha value is -1.09. The average molecular weight is 220 g/mol. The van der Waals surface area contributed by atoms with Crippen molar-refractivity contribution in [2.45, 2.75) is 32.7 Å². The molecule has 1 aliphatic heterocycles. The lowest BCUT2D eigenvalue weighted by Crippen LogP contribution is -2.29. The van der Waals surface area contributed by atoms with Crippen molar-refractivity contribution in [1.82, 2.24) is 9.88 Å². The molecule has 0 amide bonds. The summed E-state index contributed by atoms with van der Waals surface area (Å²) in [5.74, 6) is 0.970. The molecule has 1 aromatic rings. The number of rotatable bonds is 3. The number of pyridine rings is 1. The van der Waals surface area contributed by atoms with Gasteiger partial charge in [-0.3, -0.25) is 9.88 Å². The maximum absolute atomic E-state index is 5.40. The van der Waals surface area contributed by atoms with Gasteiger partial charge in [0.25, 0.3) is 0 Å². The number of hydrogen-bond acceptors (Lipinski definition) is 3. The van der Waals surface area contributed by atoms with Gasteiger partial charge in [-0.15, -0.1) is 0 Å². The van der Waals surface area contributed by atoms with E-state index in [1.54, 1.807) is 7.11 Å². The topological polar surface area (TPSA) is 25.4 Å². The van der Waals surface area contributed by atoms with Crippen LogP contribution in [0.2, 0.25) is 0 Å². The summed E-state index contributed by atoms with van der Waals surface area (Å²) >= 11 is 0. The Balaban J connectivity index is 2.12. The molecule has 0 atom stereocenters. The first kappa shape index (κ1) is 11.4. The van der Waals surface area contributed by atoms with Crippen LogP contribution in [0.4, 0.5) is 0 Å². The van der Waals surface area contributed by atoms with Crippen LogP contribution in [-0.4, -0.2) is 30.1 Å². The van der Waals surface area contributed by atoms with Gasteiger partial charge < -0.3 is 4.74 Å². The number of piperidine rings is 1. The van der Waals surface area contributed by atoms with Crippen molar-refractivity contribution >= 4 is 0 Å². The van der Waals surface area contributed by atoms with E-state index in [-0.39, 0.29) is 0 Å². The minimum absolute atomic E-state index is 0.970. The van der Waals surface area contributed by atoms with E-state index in [0.29, 0.717) is 0 Å². The van der Waals surface area contributed by atoms with Crippen LogP contribution in [0.5, 0.6) is 5.75 Å². The van der Waals surface area contributed by atoms with Gasteiger partial charge in [-0.2, -0.15) is 0 Å². The van der Waals surface area contributed by atoms with Crippen molar-refractivity contribution in [1.29, 1.82) is 0 Å². The second kappa shape index (κ2) is 5.30. The van der Waals surface area contributed by atoms with Gasteiger partial charge in [-0.05, 0) is 38.9 Å². The standard InChI is InChI=1S/C13H20N2O/c1-11-12(13(16-2)6-7-14-11)10-15-8-4-3-5-9-15/h6-7H,3-5,8-10H2,1-2H3. The number of ether oxygens (including phenoxy) is 1. The third-order valence-electron chi connectivity index (χ3n) is 3.28. The quantitative estimate of drug-likeness (QED) is 0.782. The van der Waals surface area contributed by atoms with Gasteiger partial charge >= 0.3 is 0 Å². The van der Waals surface area contributed by atoms with E-state index in [0.717, 1.165) is 18.0 Å². The molecule has 1 aromatic heterocycles. The number of nitrogens with zero attached hydrogens (tertiary/aromatic N) is 2. The molecule has 0 N–H and O–H groups in total. The van der Waals surface area contributed by atoms with Crippen molar-refractivity contribution < 1.29 is 4.74 Å². The monoisotopic (exact) mass is 220 g/mol. The Labute approximate surface area is 97.4 Å². The normalized spacial score (nSPS) is 17.4. The molecule has 1 fully saturated rings. The second-order valence-corrected chi connectivity index (χ2v) is 4.41. The van der Waals surface area contributed by atoms with Gasteiger partial charge in [0.05, 0.1) is 7.11 Å². The Bertz CT molecular complexity index is 346. The number of methoxy groups -OCH3 is 1. The van der Waals surface area contributed by atoms with Crippen molar-refractivity contribution in [3.8, 4) is 5.75 Å². The van der Waals surface area contributed by atoms with Crippen LogP contribution in [0, 0.1) is 6.92 Å². The van der Waals surface area contributed by atoms with E-state index >= 15 is 0 Å². The van der Waals surface area contributed by atoms with Gasteiger partial charge in [0.1, 0.15) is 5.75 Å². The SMILES string of the molecule is COc1ccnc(C)c1CN1CCCCC1. The number of hydrogen-bond donors (Lipinski definition) is 0. The third kappa shape index (κ3) is 2.53. The molecule has 0 radical (unpaired) electrons. The lowest BCUT2D eigenvalue weighted by Gasteiger charge is -2.27. The third-order valence-corrected chi connectivity index (χ3v) is 3.28. The van der Waals surface area contributed by atoms with Crippen LogP contribution in [0.3, 0.4) is 0 Å². The van der Waals surface area contributed by atoms with Gasteiger partial charge in [0, 0.05) is 24.0 Å². The lowest BCUT2D eigenvalue weighted by atomic mass is 10.1. The Kier molecular flexibility index (Phi) is 3.78. The molecule has 3 heteroatoms. The first-order valence-electron chi connectivity index (χ1n) is 6.02. The van der Waals surface area contributed by atoms with E-state index in [2.05, 4.69) is 16.8 Å². The van der Waals surface area contributed by atoms with Crippen LogP contribution in [0.15, 0.2) is 12.3 Å². The smallest absolute Gasteiger partial charge is 0.126 e. The van der Waals surface area contributed by atoms with Crippen molar-refractivity contribution in [2.75, 3.05) is 20.2 Å². The molecule has 0 aliphatic carbocycles. The summed E-state index contributed by atoms with van der Waals surface area (Å²) in [6.45, 7) is 5.44. The van der Waals surface area contributed by atoms with Crippen LogP contribution >= 0.6 is 0 Å². The highest BCUT2D eigenvalue weighted by Gasteiger charge is 2.14. The predicted molar refractivity (Wildman–Crippen MR) is 64.7 cm³/mol. The second-order valence-electron chi connectivity index (χ2n) is 4.41. The molecule has 1 saturated heterocycles. The fourth-order valence-corrected chi connectivity index (χ4v) is 2.30. The molecule has 0 spiro atoms. The molecular weight excluding hydrogens is 200 g/mol. The molecule has 88 valence electrons. The van der Waals surface area contributed by atoms with Crippen LogP contribution in [0.1, 0.15) is 30.5 Å². The molecule has 3 nitrogen and oxygen atoms in total. The summed E-state index contributed by atoms with van der Waals surface area (Å²) in [6.07, 6.45) is 5.83. The predicted octanol–water partition coefficient (Wildman–Crippen LogP) is 2.38. The zero-order valence-corrected chi connectivity index (χ0v) is 10.2. The van der Waals surface area contributed by atoms with Gasteiger partial charge in [0.2, 0.25) is 0 Å². The van der Waals surface area contributed by atoms with Crippen LogP contribution in [0.25, 0.3) is 0 Å². The molecule has 2 rings (SSSR count). The van der Waals surface area contributed by atoms with Crippen molar-refractivity contribution in [3.63, 3.8) is 0 Å². The number of likely N-dealkylation sites (tertiary alicyclic amines) is 1. The summed E-state index contributed by atoms with van der Waals surface area (Å²) in [5, 5.41) is 0. The zero-order chi connectivity index (χ0) is 11.4. The van der Waals surface area contributed by atoms with Crippen LogP contribution in [-0.2, 0) is 6.54 Å². The minimum atomic E-state index is 0.970. The van der Waals surface area contributed by atoms with Gasteiger partial charge in [0.15, 0.2) is 0 Å². The molecule has 0 unspecified atom stereocenters. The van der Waals surface area contributed by atoms with Gasteiger partial charge in [-0.25, -0.2) is 0 Å². The van der Waals surface area contributed by atoms with E-state index < -0.39 is 0 Å². The molecule has 16 heavy (non-hydrogen) atoms. The maximum Gasteiger partial charge on any atom is 0.126 e. The number of aromatic nitrogens is 1. The first-order chi connectivity index (χ1) is 7.81. The Morgan fingerprint density at radius 1 is 1.31 bits per heavy atom. The van der Waals surface area contributed by atoms with E-state index in [1.165, 1.54) is 37.9 Å². The summed E-state index contributed by atoms with van der Waals surface area (Å²) in [4.78, 5) is 6.84. The van der Waals surface area contributed by atoms with E-state index in [1.807, 2.05) is 12.3 Å². The summed E-state index contributed by atoms with van der Waals surface area (Å²) in [6, 6.07) is 1.95. The van der Waals surface area contributed by atoms with Crippen LogP contribution < -0.4 is 4.74 Å². The van der Waals surface area contributed by atoms with Gasteiger partial charge in [-0.1, -0.05) is 6.42 Å². The van der Waals surface area contributed by atoms with Crippen molar-refractivity contribution in [3.05, 3.63) is 23.5 Å². The van der Waals surface area contributed by atoms with E-state index in [9.17, 15) is 0 Å². The number of aryl methyl sites for hydroxylation is 1. The molecule has 0 aromatic carbocycles.